The first-order valence-corrected chi connectivity index (χ1v) is 5.69. The van der Waals surface area contributed by atoms with E-state index in [2.05, 4.69) is 5.10 Å². The van der Waals surface area contributed by atoms with Crippen molar-refractivity contribution in [1.82, 2.24) is 9.78 Å². The minimum absolute atomic E-state index is 0.140. The number of carbonyl (C=O) groups is 1. The van der Waals surface area contributed by atoms with Gasteiger partial charge < -0.3 is 4.74 Å². The fourth-order valence-electron chi connectivity index (χ4n) is 1.35. The molecule has 0 bridgehead atoms. The summed E-state index contributed by atoms with van der Waals surface area (Å²) in [5, 5.41) is 6.32. The highest BCUT2D eigenvalue weighted by atomic mass is 32.1. The van der Waals surface area contributed by atoms with Crippen molar-refractivity contribution in [3.63, 3.8) is 0 Å². The molecule has 2 heterocycles. The summed E-state index contributed by atoms with van der Waals surface area (Å²) >= 11 is 1.45. The fourth-order valence-corrected chi connectivity index (χ4v) is 2.09. The normalized spacial score (nSPS) is 10.6. The van der Waals surface area contributed by atoms with Gasteiger partial charge in [-0.05, 0) is 18.4 Å². The molecule has 0 saturated heterocycles. The van der Waals surface area contributed by atoms with Crippen LogP contribution in [0.5, 0.6) is 0 Å². The van der Waals surface area contributed by atoms with Crippen LogP contribution in [-0.2, 0) is 16.1 Å². The second-order valence-electron chi connectivity index (χ2n) is 3.11. The van der Waals surface area contributed by atoms with Crippen LogP contribution in [0, 0.1) is 0 Å². The van der Waals surface area contributed by atoms with Crippen molar-refractivity contribution in [2.75, 3.05) is 6.61 Å². The molecule has 2 rings (SSSR count). The molecule has 0 unspecified atom stereocenters. The molecule has 0 N–H and O–H groups in total. The largest absolute Gasteiger partial charge is 0.465 e. The van der Waals surface area contributed by atoms with Gasteiger partial charge in [0.1, 0.15) is 6.54 Å². The Morgan fingerprint density at radius 2 is 2.44 bits per heavy atom. The highest BCUT2D eigenvalue weighted by Crippen LogP contribution is 2.14. The van der Waals surface area contributed by atoms with E-state index in [0.717, 1.165) is 9.38 Å². The summed E-state index contributed by atoms with van der Waals surface area (Å²) in [6.45, 7) is 1.88. The van der Waals surface area contributed by atoms with Crippen LogP contribution in [0.3, 0.4) is 0 Å². The number of hydrogen-bond donors (Lipinski definition) is 0. The first kappa shape index (κ1) is 10.8. The van der Waals surface area contributed by atoms with E-state index in [-0.39, 0.29) is 12.1 Å². The Morgan fingerprint density at radius 1 is 1.62 bits per heavy atom. The zero-order valence-electron chi connectivity index (χ0n) is 8.67. The second-order valence-corrected chi connectivity index (χ2v) is 4.06. The van der Waals surface area contributed by atoms with E-state index in [0.29, 0.717) is 12.0 Å². The van der Waals surface area contributed by atoms with Gasteiger partial charge in [0.25, 0.3) is 5.56 Å². The van der Waals surface area contributed by atoms with Crippen LogP contribution >= 0.6 is 11.3 Å². The number of thiophene rings is 1. The van der Waals surface area contributed by atoms with Gasteiger partial charge >= 0.3 is 5.97 Å². The maximum absolute atomic E-state index is 11.8. The molecule has 0 aliphatic carbocycles. The van der Waals surface area contributed by atoms with Crippen LogP contribution in [0.25, 0.3) is 10.1 Å². The highest BCUT2D eigenvalue weighted by Gasteiger charge is 2.09. The van der Waals surface area contributed by atoms with Crippen molar-refractivity contribution in [3.05, 3.63) is 28.0 Å². The van der Waals surface area contributed by atoms with Crippen LogP contribution < -0.4 is 5.56 Å². The Hall–Kier alpha value is -1.69. The number of fused-ring (bicyclic) bond motifs is 1. The summed E-state index contributed by atoms with van der Waals surface area (Å²) < 4.78 is 6.70. The number of nitrogens with zero attached hydrogens (tertiary/aromatic N) is 2. The van der Waals surface area contributed by atoms with Gasteiger partial charge in [-0.25, -0.2) is 4.68 Å². The molecule has 0 aliphatic rings. The predicted octanol–water partition coefficient (Wildman–Crippen LogP) is 1.02. The first-order valence-electron chi connectivity index (χ1n) is 4.81. The third-order valence-corrected chi connectivity index (χ3v) is 2.91. The van der Waals surface area contributed by atoms with Crippen molar-refractivity contribution in [1.29, 1.82) is 0 Å². The van der Waals surface area contributed by atoms with Gasteiger partial charge in [-0.3, -0.25) is 9.59 Å². The zero-order chi connectivity index (χ0) is 11.5. The topological polar surface area (TPSA) is 61.2 Å². The van der Waals surface area contributed by atoms with E-state index < -0.39 is 5.97 Å². The van der Waals surface area contributed by atoms with E-state index in [1.807, 2.05) is 5.38 Å². The molecule has 2 aromatic heterocycles. The minimum Gasteiger partial charge on any atom is -0.465 e. The standard InChI is InChI=1S/C10H10N2O3S/c1-2-15-9(13)6-12-10(14)7-3-4-16-8(7)5-11-12/h3-5H,2,6H2,1H3. The molecule has 0 aliphatic heterocycles. The van der Waals surface area contributed by atoms with Crippen molar-refractivity contribution < 1.29 is 9.53 Å². The molecule has 5 nitrogen and oxygen atoms in total. The van der Waals surface area contributed by atoms with Crippen molar-refractivity contribution >= 4 is 27.4 Å². The maximum atomic E-state index is 11.8. The van der Waals surface area contributed by atoms with Gasteiger partial charge in [0, 0.05) is 0 Å². The van der Waals surface area contributed by atoms with E-state index >= 15 is 0 Å². The summed E-state index contributed by atoms with van der Waals surface area (Å²) in [6, 6.07) is 1.73. The number of ether oxygens (including phenoxy) is 1. The summed E-state index contributed by atoms with van der Waals surface area (Å²) in [7, 11) is 0. The second kappa shape index (κ2) is 4.44. The molecule has 2 aromatic rings. The number of carbonyl (C=O) groups excluding carboxylic acids is 1. The molecule has 0 spiro atoms. The third kappa shape index (κ3) is 1.96. The van der Waals surface area contributed by atoms with Crippen molar-refractivity contribution in [2.24, 2.45) is 0 Å². The van der Waals surface area contributed by atoms with Crippen LogP contribution in [0.1, 0.15) is 6.92 Å². The Bertz CT molecular complexity index is 573. The van der Waals surface area contributed by atoms with Crippen LogP contribution in [0.4, 0.5) is 0 Å². The minimum atomic E-state index is -0.452. The van der Waals surface area contributed by atoms with Crippen molar-refractivity contribution in [3.8, 4) is 0 Å². The Kier molecular flexibility index (Phi) is 3.00. The van der Waals surface area contributed by atoms with E-state index in [4.69, 9.17) is 4.74 Å². The monoisotopic (exact) mass is 238 g/mol. The number of hydrogen-bond acceptors (Lipinski definition) is 5. The quantitative estimate of drug-likeness (QED) is 0.749. The number of esters is 1. The molecule has 0 amide bonds. The molecule has 0 radical (unpaired) electrons. The third-order valence-electron chi connectivity index (χ3n) is 2.06. The lowest BCUT2D eigenvalue weighted by molar-refractivity contribution is -0.144. The average molecular weight is 238 g/mol. The SMILES string of the molecule is CCOC(=O)Cn1ncc2sccc2c1=O. The molecule has 0 fully saturated rings. The zero-order valence-corrected chi connectivity index (χ0v) is 9.49. The highest BCUT2D eigenvalue weighted by molar-refractivity contribution is 7.17. The summed E-state index contributed by atoms with van der Waals surface area (Å²) in [5.74, 6) is -0.452. The number of aromatic nitrogens is 2. The van der Waals surface area contributed by atoms with Gasteiger partial charge in [-0.2, -0.15) is 5.10 Å². The molecular weight excluding hydrogens is 228 g/mol. The van der Waals surface area contributed by atoms with Gasteiger partial charge in [0.2, 0.25) is 0 Å². The van der Waals surface area contributed by atoms with E-state index in [1.165, 1.54) is 11.3 Å². The summed E-state index contributed by atoms with van der Waals surface area (Å²) in [5.41, 5.74) is -0.258. The smallest absolute Gasteiger partial charge is 0.327 e. The molecule has 0 atom stereocenters. The van der Waals surface area contributed by atoms with Gasteiger partial charge in [0.05, 0.1) is 22.9 Å². The van der Waals surface area contributed by atoms with Crippen LogP contribution in [-0.4, -0.2) is 22.4 Å². The maximum Gasteiger partial charge on any atom is 0.327 e. The van der Waals surface area contributed by atoms with Crippen molar-refractivity contribution in [2.45, 2.75) is 13.5 Å². The Balaban J connectivity index is 2.34. The van der Waals surface area contributed by atoms with E-state index in [9.17, 15) is 9.59 Å². The summed E-state index contributed by atoms with van der Waals surface area (Å²) in [4.78, 5) is 23.0. The molecule has 0 aromatic carbocycles. The van der Waals surface area contributed by atoms with Gasteiger partial charge in [0.15, 0.2) is 0 Å². The van der Waals surface area contributed by atoms with Crippen LogP contribution in [0.15, 0.2) is 22.4 Å². The lowest BCUT2D eigenvalue weighted by Gasteiger charge is -2.03. The lowest BCUT2D eigenvalue weighted by Crippen LogP contribution is -2.27. The Labute approximate surface area is 95.3 Å². The molecule has 16 heavy (non-hydrogen) atoms. The van der Waals surface area contributed by atoms with Gasteiger partial charge in [-0.1, -0.05) is 0 Å². The van der Waals surface area contributed by atoms with Gasteiger partial charge in [-0.15, -0.1) is 11.3 Å². The molecule has 6 heteroatoms. The Morgan fingerprint density at radius 3 is 3.19 bits per heavy atom. The average Bonchev–Trinajstić information content (AvgIpc) is 2.71. The molecule has 0 saturated carbocycles. The summed E-state index contributed by atoms with van der Waals surface area (Å²) in [6.07, 6.45) is 1.58. The predicted molar refractivity (Wildman–Crippen MR) is 60.5 cm³/mol. The lowest BCUT2D eigenvalue weighted by atomic mass is 10.4. The number of rotatable bonds is 3. The molecular formula is C10H10N2O3S. The van der Waals surface area contributed by atoms with E-state index in [1.54, 1.807) is 19.2 Å². The fraction of sp³-hybridized carbons (Fsp3) is 0.300. The first-order chi connectivity index (χ1) is 7.72. The van der Waals surface area contributed by atoms with Crippen LogP contribution in [0.2, 0.25) is 0 Å². The molecule has 84 valence electrons.